The number of benzene rings is 2. The Kier molecular flexibility index (Phi) is 2.44. The number of halogens is 1. The van der Waals surface area contributed by atoms with Gasteiger partial charge in [0.15, 0.2) is 0 Å². The van der Waals surface area contributed by atoms with Crippen LogP contribution in [-0.4, -0.2) is 22.2 Å². The second kappa shape index (κ2) is 4.10. The van der Waals surface area contributed by atoms with Crippen LogP contribution in [-0.2, 0) is 0 Å². The first kappa shape index (κ1) is 10.7. The van der Waals surface area contributed by atoms with E-state index in [1.807, 2.05) is 0 Å². The van der Waals surface area contributed by atoms with Crippen molar-refractivity contribution in [1.82, 2.24) is 10.2 Å². The minimum atomic E-state index is -0.887. The number of rotatable bonds is 2. The van der Waals surface area contributed by atoms with Crippen LogP contribution in [0.4, 0.5) is 4.39 Å². The molecule has 3 rings (SSSR count). The lowest BCUT2D eigenvalue weighted by atomic mass is 10.0. The molecule has 3 aromatic rings. The predicted octanol–water partition coefficient (Wildman–Crippen LogP) is 2.79. The maximum atomic E-state index is 12.2. The SMILES string of the molecule is Oc1cc2cnncc2c2cc(OCF)ccc12. The molecule has 0 fully saturated rings. The van der Waals surface area contributed by atoms with E-state index in [2.05, 4.69) is 10.2 Å². The number of phenols is 1. The number of phenolic OH excluding ortho intramolecular Hbond substituents is 1. The summed E-state index contributed by atoms with van der Waals surface area (Å²) >= 11 is 0. The summed E-state index contributed by atoms with van der Waals surface area (Å²) in [4.78, 5) is 0. The lowest BCUT2D eigenvalue weighted by molar-refractivity contribution is 0.192. The molecule has 1 N–H and O–H groups in total. The van der Waals surface area contributed by atoms with Gasteiger partial charge in [-0.3, -0.25) is 0 Å². The Morgan fingerprint density at radius 3 is 2.72 bits per heavy atom. The van der Waals surface area contributed by atoms with Gasteiger partial charge in [0.05, 0.1) is 12.4 Å². The van der Waals surface area contributed by atoms with Crippen LogP contribution in [0.1, 0.15) is 0 Å². The molecule has 5 heteroatoms. The fourth-order valence-electron chi connectivity index (χ4n) is 2.02. The Hall–Kier alpha value is -2.43. The Bertz CT molecular complexity index is 731. The van der Waals surface area contributed by atoms with Gasteiger partial charge in [0, 0.05) is 16.2 Å². The molecule has 0 radical (unpaired) electrons. The second-order valence-electron chi connectivity index (χ2n) is 3.85. The summed E-state index contributed by atoms with van der Waals surface area (Å²) in [5.74, 6) is 0.561. The van der Waals surface area contributed by atoms with Crippen molar-refractivity contribution in [3.05, 3.63) is 36.7 Å². The summed E-state index contributed by atoms with van der Waals surface area (Å²) in [6.07, 6.45) is 3.17. The third-order valence-electron chi connectivity index (χ3n) is 2.83. The highest BCUT2D eigenvalue weighted by molar-refractivity contribution is 6.10. The van der Waals surface area contributed by atoms with Gasteiger partial charge in [-0.05, 0) is 29.7 Å². The second-order valence-corrected chi connectivity index (χ2v) is 3.85. The van der Waals surface area contributed by atoms with Gasteiger partial charge in [-0.1, -0.05) is 0 Å². The zero-order chi connectivity index (χ0) is 12.5. The molecule has 18 heavy (non-hydrogen) atoms. The number of alkyl halides is 1. The summed E-state index contributed by atoms with van der Waals surface area (Å²) in [5, 5.41) is 20.5. The molecule has 1 aromatic heterocycles. The molecular weight excluding hydrogens is 235 g/mol. The van der Waals surface area contributed by atoms with Gasteiger partial charge in [-0.15, -0.1) is 0 Å². The van der Waals surface area contributed by atoms with Crippen molar-refractivity contribution in [2.75, 3.05) is 6.86 Å². The Labute approximate surface area is 102 Å². The van der Waals surface area contributed by atoms with E-state index in [1.54, 1.807) is 36.7 Å². The highest BCUT2D eigenvalue weighted by atomic mass is 19.1. The molecule has 0 aliphatic heterocycles. The van der Waals surface area contributed by atoms with E-state index >= 15 is 0 Å². The van der Waals surface area contributed by atoms with Crippen molar-refractivity contribution in [3.8, 4) is 11.5 Å². The van der Waals surface area contributed by atoms with Crippen LogP contribution >= 0.6 is 0 Å². The smallest absolute Gasteiger partial charge is 0.228 e. The largest absolute Gasteiger partial charge is 0.507 e. The van der Waals surface area contributed by atoms with Gasteiger partial charge in [-0.2, -0.15) is 10.2 Å². The third kappa shape index (κ3) is 1.60. The van der Waals surface area contributed by atoms with Crippen LogP contribution in [0, 0.1) is 0 Å². The first-order valence-corrected chi connectivity index (χ1v) is 5.34. The van der Waals surface area contributed by atoms with Crippen molar-refractivity contribution in [1.29, 1.82) is 0 Å². The molecule has 0 saturated carbocycles. The number of nitrogens with zero attached hydrogens (tertiary/aromatic N) is 2. The molecule has 2 aromatic carbocycles. The van der Waals surface area contributed by atoms with Gasteiger partial charge >= 0.3 is 0 Å². The third-order valence-corrected chi connectivity index (χ3v) is 2.83. The number of aromatic nitrogens is 2. The number of aromatic hydroxyl groups is 1. The lowest BCUT2D eigenvalue weighted by Crippen LogP contribution is -1.90. The molecule has 1 heterocycles. The molecule has 90 valence electrons. The normalized spacial score (nSPS) is 10.9. The van der Waals surface area contributed by atoms with Crippen molar-refractivity contribution in [2.24, 2.45) is 0 Å². The summed E-state index contributed by atoms with van der Waals surface area (Å²) in [6.45, 7) is -0.887. The zero-order valence-corrected chi connectivity index (χ0v) is 9.30. The topological polar surface area (TPSA) is 55.2 Å². The van der Waals surface area contributed by atoms with E-state index < -0.39 is 6.86 Å². The average Bonchev–Trinajstić information content (AvgIpc) is 2.39. The maximum absolute atomic E-state index is 12.2. The van der Waals surface area contributed by atoms with Gasteiger partial charge in [-0.25, -0.2) is 4.39 Å². The van der Waals surface area contributed by atoms with Crippen molar-refractivity contribution >= 4 is 21.5 Å². The number of hydrogen-bond acceptors (Lipinski definition) is 4. The fourth-order valence-corrected chi connectivity index (χ4v) is 2.02. The average molecular weight is 244 g/mol. The van der Waals surface area contributed by atoms with Gasteiger partial charge in [0.1, 0.15) is 11.5 Å². The van der Waals surface area contributed by atoms with E-state index in [4.69, 9.17) is 4.74 Å². The standard InChI is InChI=1S/C13H9FN2O2/c14-7-18-9-1-2-10-11(4-9)12-6-16-15-5-8(12)3-13(10)17/h1-6,17H,7H2. The van der Waals surface area contributed by atoms with E-state index in [0.717, 1.165) is 16.2 Å². The summed E-state index contributed by atoms with van der Waals surface area (Å²) in [7, 11) is 0. The van der Waals surface area contributed by atoms with Crippen molar-refractivity contribution < 1.29 is 14.2 Å². The van der Waals surface area contributed by atoms with Crippen LogP contribution in [0.3, 0.4) is 0 Å². The summed E-state index contributed by atoms with van der Waals surface area (Å²) in [5.41, 5.74) is 0. The Balaban J connectivity index is 2.40. The summed E-state index contributed by atoms with van der Waals surface area (Å²) < 4.78 is 17.0. The molecule has 0 saturated heterocycles. The minimum Gasteiger partial charge on any atom is -0.507 e. The molecule has 0 bridgehead atoms. The molecule has 0 atom stereocenters. The van der Waals surface area contributed by atoms with Gasteiger partial charge in [0.25, 0.3) is 0 Å². The van der Waals surface area contributed by atoms with Gasteiger partial charge < -0.3 is 9.84 Å². The minimum absolute atomic E-state index is 0.150. The van der Waals surface area contributed by atoms with E-state index in [1.165, 1.54) is 0 Å². The Morgan fingerprint density at radius 2 is 1.89 bits per heavy atom. The molecule has 0 aliphatic rings. The van der Waals surface area contributed by atoms with E-state index in [0.29, 0.717) is 11.1 Å². The van der Waals surface area contributed by atoms with Crippen molar-refractivity contribution in [3.63, 3.8) is 0 Å². The highest BCUT2D eigenvalue weighted by Gasteiger charge is 2.07. The number of ether oxygens (including phenoxy) is 1. The number of hydrogen-bond donors (Lipinski definition) is 1. The fraction of sp³-hybridized carbons (Fsp3) is 0.0769. The predicted molar refractivity (Wildman–Crippen MR) is 65.3 cm³/mol. The quantitative estimate of drug-likeness (QED) is 0.704. The first-order chi connectivity index (χ1) is 8.79. The van der Waals surface area contributed by atoms with E-state index in [-0.39, 0.29) is 5.75 Å². The van der Waals surface area contributed by atoms with Crippen LogP contribution in [0.15, 0.2) is 36.7 Å². The highest BCUT2D eigenvalue weighted by Crippen LogP contribution is 2.34. The molecule has 0 aliphatic carbocycles. The van der Waals surface area contributed by atoms with Gasteiger partial charge in [0.2, 0.25) is 6.86 Å². The van der Waals surface area contributed by atoms with Crippen LogP contribution < -0.4 is 4.74 Å². The van der Waals surface area contributed by atoms with Crippen LogP contribution in [0.5, 0.6) is 11.5 Å². The zero-order valence-electron chi connectivity index (χ0n) is 9.30. The molecule has 0 unspecified atom stereocenters. The Morgan fingerprint density at radius 1 is 1.06 bits per heavy atom. The van der Waals surface area contributed by atoms with Crippen LogP contribution in [0.2, 0.25) is 0 Å². The van der Waals surface area contributed by atoms with Crippen LogP contribution in [0.25, 0.3) is 21.5 Å². The van der Waals surface area contributed by atoms with E-state index in [9.17, 15) is 9.50 Å². The van der Waals surface area contributed by atoms with Crippen molar-refractivity contribution in [2.45, 2.75) is 0 Å². The molecule has 0 spiro atoms. The monoisotopic (exact) mass is 244 g/mol. The number of fused-ring (bicyclic) bond motifs is 3. The molecule has 4 nitrogen and oxygen atoms in total. The summed E-state index contributed by atoms with van der Waals surface area (Å²) in [6, 6.07) is 6.61. The maximum Gasteiger partial charge on any atom is 0.228 e. The molecular formula is C13H9FN2O2. The lowest BCUT2D eigenvalue weighted by Gasteiger charge is -2.07. The first-order valence-electron chi connectivity index (χ1n) is 5.34. The molecule has 0 amide bonds.